The van der Waals surface area contributed by atoms with Gasteiger partial charge in [-0.1, -0.05) is 0 Å². The van der Waals surface area contributed by atoms with Gasteiger partial charge < -0.3 is 15.2 Å². The summed E-state index contributed by atoms with van der Waals surface area (Å²) in [4.78, 5) is 11.7. The lowest BCUT2D eigenvalue weighted by Crippen LogP contribution is -2.38. The molecule has 1 saturated heterocycles. The minimum Gasteiger partial charge on any atom is -0.393 e. The van der Waals surface area contributed by atoms with E-state index in [9.17, 15) is 9.90 Å². The zero-order valence-electron chi connectivity index (χ0n) is 9.65. The van der Waals surface area contributed by atoms with Crippen molar-refractivity contribution in [1.82, 2.24) is 5.32 Å². The second-order valence-electron chi connectivity index (χ2n) is 4.84. The van der Waals surface area contributed by atoms with Crippen LogP contribution in [0, 0.1) is 0 Å². The number of amides is 1. The first-order chi connectivity index (χ1) is 7.75. The van der Waals surface area contributed by atoms with E-state index in [4.69, 9.17) is 4.74 Å². The van der Waals surface area contributed by atoms with Crippen LogP contribution in [0.15, 0.2) is 0 Å². The van der Waals surface area contributed by atoms with Crippen LogP contribution in [0.5, 0.6) is 0 Å². The third-order valence-electron chi connectivity index (χ3n) is 3.49. The predicted molar refractivity (Wildman–Crippen MR) is 60.0 cm³/mol. The van der Waals surface area contributed by atoms with Crippen LogP contribution < -0.4 is 5.32 Å². The molecule has 1 saturated carbocycles. The molecule has 0 bridgehead atoms. The van der Waals surface area contributed by atoms with Gasteiger partial charge >= 0.3 is 0 Å². The molecule has 16 heavy (non-hydrogen) atoms. The molecule has 0 radical (unpaired) electrons. The van der Waals surface area contributed by atoms with Crippen LogP contribution in [0.2, 0.25) is 0 Å². The molecule has 1 atom stereocenters. The number of aliphatic hydroxyl groups excluding tert-OH is 1. The summed E-state index contributed by atoms with van der Waals surface area (Å²) in [6.07, 6.45) is 6.05. The van der Waals surface area contributed by atoms with E-state index < -0.39 is 0 Å². The highest BCUT2D eigenvalue weighted by Crippen LogP contribution is 2.23. The highest BCUT2D eigenvalue weighted by Gasteiger charge is 2.27. The van der Waals surface area contributed by atoms with Crippen molar-refractivity contribution in [3.8, 4) is 0 Å². The van der Waals surface area contributed by atoms with E-state index in [0.29, 0.717) is 0 Å². The van der Waals surface area contributed by atoms with Crippen molar-refractivity contribution in [2.24, 2.45) is 0 Å². The van der Waals surface area contributed by atoms with Crippen LogP contribution in [-0.4, -0.2) is 35.9 Å². The number of hydrogen-bond donors (Lipinski definition) is 2. The van der Waals surface area contributed by atoms with Gasteiger partial charge in [0.2, 0.25) is 5.91 Å². The van der Waals surface area contributed by atoms with E-state index in [1.807, 2.05) is 0 Å². The quantitative estimate of drug-likeness (QED) is 0.739. The zero-order chi connectivity index (χ0) is 11.4. The van der Waals surface area contributed by atoms with Crippen LogP contribution >= 0.6 is 0 Å². The number of carbonyl (C=O) groups excluding carboxylic acids is 1. The number of aliphatic hydroxyl groups is 1. The molecule has 0 spiro atoms. The van der Waals surface area contributed by atoms with Gasteiger partial charge in [-0.15, -0.1) is 0 Å². The van der Waals surface area contributed by atoms with Crippen molar-refractivity contribution < 1.29 is 14.6 Å². The summed E-state index contributed by atoms with van der Waals surface area (Å²) >= 11 is 0. The van der Waals surface area contributed by atoms with Gasteiger partial charge in [-0.3, -0.25) is 4.79 Å². The fraction of sp³-hybridized carbons (Fsp3) is 0.917. The van der Waals surface area contributed by atoms with Crippen LogP contribution in [0.4, 0.5) is 0 Å². The average molecular weight is 227 g/mol. The lowest BCUT2D eigenvalue weighted by Gasteiger charge is -2.28. The lowest BCUT2D eigenvalue weighted by molar-refractivity contribution is -0.138. The Hall–Kier alpha value is -0.610. The summed E-state index contributed by atoms with van der Waals surface area (Å²) in [5.41, 5.74) is 0. The van der Waals surface area contributed by atoms with E-state index >= 15 is 0 Å². The fourth-order valence-corrected chi connectivity index (χ4v) is 2.45. The molecule has 2 aliphatic rings. The molecule has 0 aromatic carbocycles. The maximum Gasteiger partial charge on any atom is 0.249 e. The Bertz CT molecular complexity index is 236. The van der Waals surface area contributed by atoms with E-state index in [0.717, 1.165) is 51.5 Å². The number of rotatable bonds is 2. The van der Waals surface area contributed by atoms with Crippen molar-refractivity contribution in [2.75, 3.05) is 6.54 Å². The van der Waals surface area contributed by atoms with Gasteiger partial charge in [-0.05, 0) is 44.9 Å². The molecule has 0 aromatic heterocycles. The first-order valence-electron chi connectivity index (χ1n) is 6.37. The van der Waals surface area contributed by atoms with Gasteiger partial charge in [0.25, 0.3) is 0 Å². The van der Waals surface area contributed by atoms with Crippen LogP contribution in [-0.2, 0) is 9.53 Å². The summed E-state index contributed by atoms with van der Waals surface area (Å²) in [7, 11) is 0. The molecule has 2 N–H and O–H groups in total. The molecule has 1 aliphatic heterocycles. The second kappa shape index (κ2) is 5.64. The Balaban J connectivity index is 1.80. The predicted octanol–water partition coefficient (Wildman–Crippen LogP) is 0.975. The molecule has 4 heteroatoms. The van der Waals surface area contributed by atoms with Crippen molar-refractivity contribution >= 4 is 5.91 Å². The minimum atomic E-state index is -0.261. The van der Waals surface area contributed by atoms with Gasteiger partial charge in [0.1, 0.15) is 6.10 Å². The number of carbonyl (C=O) groups is 1. The van der Waals surface area contributed by atoms with Gasteiger partial charge in [0.05, 0.1) is 12.2 Å². The van der Waals surface area contributed by atoms with Gasteiger partial charge in [-0.25, -0.2) is 0 Å². The zero-order valence-corrected chi connectivity index (χ0v) is 9.65. The normalized spacial score (nSPS) is 36.6. The van der Waals surface area contributed by atoms with Gasteiger partial charge in [-0.2, -0.15) is 0 Å². The Kier molecular flexibility index (Phi) is 4.18. The number of ether oxygens (including phenoxy) is 1. The molecular formula is C12H21NO3. The third-order valence-corrected chi connectivity index (χ3v) is 3.49. The maximum atomic E-state index is 11.7. The summed E-state index contributed by atoms with van der Waals surface area (Å²) in [6, 6.07) is 0. The van der Waals surface area contributed by atoms with Crippen molar-refractivity contribution in [1.29, 1.82) is 0 Å². The second-order valence-corrected chi connectivity index (χ2v) is 4.84. The smallest absolute Gasteiger partial charge is 0.249 e. The molecule has 1 unspecified atom stereocenters. The molecule has 2 rings (SSSR count). The van der Waals surface area contributed by atoms with Crippen molar-refractivity contribution in [3.05, 3.63) is 0 Å². The van der Waals surface area contributed by atoms with E-state index in [-0.39, 0.29) is 24.2 Å². The first-order valence-corrected chi connectivity index (χ1v) is 6.37. The summed E-state index contributed by atoms with van der Waals surface area (Å²) < 4.78 is 5.85. The van der Waals surface area contributed by atoms with Crippen molar-refractivity contribution in [2.45, 2.75) is 63.3 Å². The van der Waals surface area contributed by atoms with Gasteiger partial charge in [0, 0.05) is 6.54 Å². The van der Waals surface area contributed by atoms with E-state index in [2.05, 4.69) is 5.32 Å². The van der Waals surface area contributed by atoms with Crippen molar-refractivity contribution in [3.63, 3.8) is 0 Å². The average Bonchev–Trinajstić information content (AvgIpc) is 2.48. The largest absolute Gasteiger partial charge is 0.393 e. The van der Waals surface area contributed by atoms with Gasteiger partial charge in [0.15, 0.2) is 0 Å². The lowest BCUT2D eigenvalue weighted by atomic mass is 9.95. The topological polar surface area (TPSA) is 58.6 Å². The Labute approximate surface area is 96.4 Å². The summed E-state index contributed by atoms with van der Waals surface area (Å²) in [6.45, 7) is 0.780. The molecule has 92 valence electrons. The number of nitrogens with one attached hydrogen (secondary N) is 1. The Morgan fingerprint density at radius 2 is 1.88 bits per heavy atom. The highest BCUT2D eigenvalue weighted by atomic mass is 16.5. The molecule has 1 aliphatic carbocycles. The molecule has 1 heterocycles. The van der Waals surface area contributed by atoms with E-state index in [1.165, 1.54) is 0 Å². The first kappa shape index (κ1) is 11.9. The minimum absolute atomic E-state index is 0.0450. The number of hydrogen-bond acceptors (Lipinski definition) is 3. The Morgan fingerprint density at radius 1 is 1.12 bits per heavy atom. The van der Waals surface area contributed by atoms with Crippen LogP contribution in [0.1, 0.15) is 44.9 Å². The summed E-state index contributed by atoms with van der Waals surface area (Å²) in [5.74, 6) is 0.0450. The van der Waals surface area contributed by atoms with E-state index in [1.54, 1.807) is 0 Å². The highest BCUT2D eigenvalue weighted by molar-refractivity contribution is 5.80. The standard InChI is InChI=1S/C12H21NO3/c14-9-4-6-10(7-5-9)16-11-3-1-2-8-13-12(11)15/h9-11,14H,1-8H2,(H,13,15). The van der Waals surface area contributed by atoms with Crippen LogP contribution in [0.3, 0.4) is 0 Å². The Morgan fingerprint density at radius 3 is 2.62 bits per heavy atom. The molecule has 2 fully saturated rings. The third kappa shape index (κ3) is 3.19. The molecule has 0 aromatic rings. The maximum absolute atomic E-state index is 11.7. The molecular weight excluding hydrogens is 206 g/mol. The SMILES string of the molecule is O=C1NCCCCC1OC1CCC(O)CC1. The molecule has 4 nitrogen and oxygen atoms in total. The monoisotopic (exact) mass is 227 g/mol. The fourth-order valence-electron chi connectivity index (χ4n) is 2.45. The molecule has 1 amide bonds. The summed E-state index contributed by atoms with van der Waals surface area (Å²) in [5, 5.41) is 12.3. The van der Waals surface area contributed by atoms with Crippen LogP contribution in [0.25, 0.3) is 0 Å².